The van der Waals surface area contributed by atoms with E-state index in [1.165, 1.54) is 5.56 Å². The van der Waals surface area contributed by atoms with Crippen molar-refractivity contribution in [3.8, 4) is 11.5 Å². The van der Waals surface area contributed by atoms with Crippen LogP contribution in [0.4, 0.5) is 0 Å². The average molecular weight is 428 g/mol. The molecular weight excluding hydrogens is 412 g/mol. The molecule has 0 aliphatic heterocycles. The summed E-state index contributed by atoms with van der Waals surface area (Å²) in [5.41, 5.74) is 2.22. The molecule has 0 bridgehead atoms. The fourth-order valence-corrected chi connectivity index (χ4v) is 2.60. The van der Waals surface area contributed by atoms with Crippen LogP contribution in [0.5, 0.6) is 11.5 Å². The van der Waals surface area contributed by atoms with E-state index >= 15 is 0 Å². The quantitative estimate of drug-likeness (QED) is 0.493. The topological polar surface area (TPSA) is 35.5 Å². The van der Waals surface area contributed by atoms with E-state index in [1.54, 1.807) is 12.1 Å². The Morgan fingerprint density at radius 2 is 1.86 bits per heavy atom. The summed E-state index contributed by atoms with van der Waals surface area (Å²) in [5, 5.41) is 0. The lowest BCUT2D eigenvalue weighted by atomic mass is 10.2. The normalized spacial score (nSPS) is 10.4. The molecule has 0 radical (unpaired) electrons. The number of carbonyl (C=O) groups is 1. The molecule has 0 saturated heterocycles. The highest BCUT2D eigenvalue weighted by atomic mass is 79.9. The molecule has 0 atom stereocenters. The van der Waals surface area contributed by atoms with E-state index in [9.17, 15) is 4.79 Å². The van der Waals surface area contributed by atoms with Crippen LogP contribution in [0, 0.1) is 6.92 Å². The van der Waals surface area contributed by atoms with E-state index in [2.05, 4.69) is 38.8 Å². The fraction of sp³-hybridized carbons (Fsp3) is 0.235. The van der Waals surface area contributed by atoms with Gasteiger partial charge in [-0.05, 0) is 70.7 Å². The molecule has 2 rings (SSSR count). The van der Waals surface area contributed by atoms with Gasteiger partial charge in [-0.3, -0.25) is 0 Å². The van der Waals surface area contributed by atoms with Crippen molar-refractivity contribution in [2.24, 2.45) is 0 Å². The maximum atomic E-state index is 11.9. The molecule has 0 aromatic heterocycles. The van der Waals surface area contributed by atoms with Gasteiger partial charge in [-0.2, -0.15) is 0 Å². The predicted octanol–water partition coefficient (Wildman–Crippen LogP) is 5.07. The molecule has 0 amide bonds. The van der Waals surface area contributed by atoms with Gasteiger partial charge in [0.15, 0.2) is 6.61 Å². The van der Waals surface area contributed by atoms with Gasteiger partial charge in [-0.15, -0.1) is 0 Å². The van der Waals surface area contributed by atoms with Crippen molar-refractivity contribution in [1.29, 1.82) is 0 Å². The average Bonchev–Trinajstić information content (AvgIpc) is 2.50. The number of rotatable bonds is 5. The second-order valence-corrected chi connectivity index (χ2v) is 6.50. The first-order valence-electron chi connectivity index (χ1n) is 6.87. The van der Waals surface area contributed by atoms with E-state index in [4.69, 9.17) is 9.47 Å². The Morgan fingerprint density at radius 3 is 2.50 bits per heavy atom. The smallest absolute Gasteiger partial charge is 0.349 e. The molecular formula is C17H16Br2O3. The lowest BCUT2D eigenvalue weighted by Crippen LogP contribution is -2.18. The largest absolute Gasteiger partial charge is 0.482 e. The minimum absolute atomic E-state index is 0.136. The molecule has 0 heterocycles. The van der Waals surface area contributed by atoms with Crippen molar-refractivity contribution in [2.45, 2.75) is 20.3 Å². The number of benzene rings is 2. The van der Waals surface area contributed by atoms with Gasteiger partial charge in [0.2, 0.25) is 0 Å². The van der Waals surface area contributed by atoms with Gasteiger partial charge in [0.05, 0.1) is 4.47 Å². The maximum absolute atomic E-state index is 11.9. The molecule has 0 saturated carbocycles. The predicted molar refractivity (Wildman–Crippen MR) is 93.5 cm³/mol. The monoisotopic (exact) mass is 426 g/mol. The first-order valence-corrected chi connectivity index (χ1v) is 8.46. The van der Waals surface area contributed by atoms with E-state index in [0.29, 0.717) is 11.5 Å². The molecule has 0 aliphatic carbocycles. The van der Waals surface area contributed by atoms with E-state index in [-0.39, 0.29) is 6.61 Å². The summed E-state index contributed by atoms with van der Waals surface area (Å²) in [4.78, 5) is 11.9. The van der Waals surface area contributed by atoms with Crippen molar-refractivity contribution in [2.75, 3.05) is 6.61 Å². The highest BCUT2D eigenvalue weighted by Gasteiger charge is 2.10. The van der Waals surface area contributed by atoms with E-state index < -0.39 is 5.97 Å². The Balaban J connectivity index is 1.94. The van der Waals surface area contributed by atoms with Crippen LogP contribution in [0.2, 0.25) is 0 Å². The number of aryl methyl sites for hydroxylation is 2. The van der Waals surface area contributed by atoms with Gasteiger partial charge < -0.3 is 9.47 Å². The van der Waals surface area contributed by atoms with Gasteiger partial charge in [0.25, 0.3) is 0 Å². The Bertz CT molecular complexity index is 684. The van der Waals surface area contributed by atoms with Crippen molar-refractivity contribution in [1.82, 2.24) is 0 Å². The van der Waals surface area contributed by atoms with Gasteiger partial charge in [-0.25, -0.2) is 4.79 Å². The summed E-state index contributed by atoms with van der Waals surface area (Å²) in [6.45, 7) is 3.90. The zero-order valence-electron chi connectivity index (χ0n) is 12.4. The van der Waals surface area contributed by atoms with Crippen molar-refractivity contribution < 1.29 is 14.3 Å². The van der Waals surface area contributed by atoms with Crippen molar-refractivity contribution >= 4 is 37.8 Å². The van der Waals surface area contributed by atoms with Crippen LogP contribution in [-0.2, 0) is 11.2 Å². The molecule has 2 aromatic carbocycles. The first-order chi connectivity index (χ1) is 10.5. The Morgan fingerprint density at radius 1 is 1.09 bits per heavy atom. The van der Waals surface area contributed by atoms with Gasteiger partial charge >= 0.3 is 5.97 Å². The highest BCUT2D eigenvalue weighted by molar-refractivity contribution is 9.10. The van der Waals surface area contributed by atoms with Gasteiger partial charge in [0.1, 0.15) is 11.5 Å². The van der Waals surface area contributed by atoms with E-state index in [1.807, 2.05) is 31.2 Å². The van der Waals surface area contributed by atoms with Crippen LogP contribution in [-0.4, -0.2) is 12.6 Å². The molecule has 0 unspecified atom stereocenters. The van der Waals surface area contributed by atoms with Crippen molar-refractivity contribution in [3.05, 3.63) is 56.5 Å². The van der Waals surface area contributed by atoms with Gasteiger partial charge in [-0.1, -0.05) is 28.9 Å². The summed E-state index contributed by atoms with van der Waals surface area (Å²) in [6.07, 6.45) is 0.929. The Kier molecular flexibility index (Phi) is 6.03. The third-order valence-corrected chi connectivity index (χ3v) is 4.62. The van der Waals surface area contributed by atoms with E-state index in [0.717, 1.165) is 20.9 Å². The third-order valence-electron chi connectivity index (χ3n) is 3.11. The van der Waals surface area contributed by atoms with Gasteiger partial charge in [0, 0.05) is 4.47 Å². The van der Waals surface area contributed by atoms with Crippen LogP contribution in [0.15, 0.2) is 45.3 Å². The summed E-state index contributed by atoms with van der Waals surface area (Å²) in [5.74, 6) is 0.696. The minimum Gasteiger partial charge on any atom is -0.482 e. The lowest BCUT2D eigenvalue weighted by molar-refractivity contribution is -0.136. The molecule has 3 nitrogen and oxygen atoms in total. The Hall–Kier alpha value is -1.33. The second-order valence-electron chi connectivity index (χ2n) is 4.79. The van der Waals surface area contributed by atoms with Crippen molar-refractivity contribution in [3.63, 3.8) is 0 Å². The number of hydrogen-bond donors (Lipinski definition) is 0. The van der Waals surface area contributed by atoms with Crippen LogP contribution in [0.3, 0.4) is 0 Å². The summed E-state index contributed by atoms with van der Waals surface area (Å²) >= 11 is 6.83. The highest BCUT2D eigenvalue weighted by Crippen LogP contribution is 2.26. The van der Waals surface area contributed by atoms with Crippen LogP contribution >= 0.6 is 31.9 Å². The number of esters is 1. The zero-order chi connectivity index (χ0) is 16.1. The molecule has 2 aromatic rings. The minimum atomic E-state index is -0.439. The molecule has 0 N–H and O–H groups in total. The first kappa shape index (κ1) is 17.0. The lowest BCUT2D eigenvalue weighted by Gasteiger charge is -2.09. The molecule has 0 fully saturated rings. The molecule has 0 spiro atoms. The Labute approximate surface area is 146 Å². The van der Waals surface area contributed by atoms with Crippen LogP contribution in [0.1, 0.15) is 18.1 Å². The number of halogens is 2. The fourth-order valence-electron chi connectivity index (χ4n) is 1.85. The maximum Gasteiger partial charge on any atom is 0.349 e. The molecule has 22 heavy (non-hydrogen) atoms. The summed E-state index contributed by atoms with van der Waals surface area (Å²) < 4.78 is 12.5. The molecule has 5 heteroatoms. The second kappa shape index (κ2) is 7.79. The third kappa shape index (κ3) is 4.58. The van der Waals surface area contributed by atoms with Crippen LogP contribution in [0.25, 0.3) is 0 Å². The number of carbonyl (C=O) groups excluding carboxylic acids is 1. The molecule has 116 valence electrons. The molecule has 0 aliphatic rings. The number of ether oxygens (including phenoxy) is 2. The number of hydrogen-bond acceptors (Lipinski definition) is 3. The van der Waals surface area contributed by atoms with Crippen LogP contribution < -0.4 is 9.47 Å². The summed E-state index contributed by atoms with van der Waals surface area (Å²) in [7, 11) is 0. The summed E-state index contributed by atoms with van der Waals surface area (Å²) in [6, 6.07) is 11.2. The zero-order valence-corrected chi connectivity index (χ0v) is 15.5. The standard InChI is InChI=1S/C17H16Br2O3/c1-3-12-4-7-16(15(19)9-12)22-17(20)10-21-13-5-6-14(18)11(2)8-13/h4-9H,3,10H2,1-2H3. The SMILES string of the molecule is CCc1ccc(OC(=O)COc2ccc(Br)c(C)c2)c(Br)c1.